The highest BCUT2D eigenvalue weighted by atomic mass is 16.6. The second-order valence-corrected chi connectivity index (χ2v) is 6.76. The van der Waals surface area contributed by atoms with Crippen LogP contribution in [0.5, 0.6) is 0 Å². The molecule has 0 aromatic carbocycles. The Morgan fingerprint density at radius 2 is 1.85 bits per heavy atom. The minimum absolute atomic E-state index is 0.0122. The lowest BCUT2D eigenvalue weighted by Crippen LogP contribution is -2.39. The van der Waals surface area contributed by atoms with Crippen LogP contribution in [0.15, 0.2) is 0 Å². The van der Waals surface area contributed by atoms with Crippen LogP contribution in [0.3, 0.4) is 0 Å². The Kier molecular flexibility index (Phi) is 5.99. The lowest BCUT2D eigenvalue weighted by Gasteiger charge is -2.29. The number of amides is 1. The molecule has 0 saturated heterocycles. The van der Waals surface area contributed by atoms with Crippen LogP contribution >= 0.6 is 0 Å². The first-order chi connectivity index (χ1) is 9.26. The lowest BCUT2D eigenvalue weighted by molar-refractivity contribution is -0.122. The van der Waals surface area contributed by atoms with Crippen molar-refractivity contribution < 1.29 is 19.4 Å². The van der Waals surface area contributed by atoms with E-state index in [2.05, 4.69) is 5.32 Å². The van der Waals surface area contributed by atoms with Crippen LogP contribution in [0, 0.1) is 5.41 Å². The third-order valence-corrected chi connectivity index (χ3v) is 3.78. The van der Waals surface area contributed by atoms with Crippen LogP contribution < -0.4 is 5.32 Å². The average molecular weight is 285 g/mol. The highest BCUT2D eigenvalue weighted by Gasteiger charge is 2.34. The zero-order valence-corrected chi connectivity index (χ0v) is 12.8. The van der Waals surface area contributed by atoms with Gasteiger partial charge in [0, 0.05) is 13.0 Å². The van der Waals surface area contributed by atoms with Crippen molar-refractivity contribution in [3.05, 3.63) is 0 Å². The van der Waals surface area contributed by atoms with Gasteiger partial charge in [-0.1, -0.05) is 12.8 Å². The van der Waals surface area contributed by atoms with Crippen molar-refractivity contribution in [2.24, 2.45) is 5.41 Å². The quantitative estimate of drug-likeness (QED) is 0.786. The number of rotatable bonds is 6. The largest absolute Gasteiger partial charge is 0.444 e. The standard InChI is InChI=1S/C15H27NO4/c1-14(2,3)20-13(19)16-11-15(7-4-5-8-15)9-6-12(18)10-17/h17H,4-11H2,1-3H3,(H,16,19). The summed E-state index contributed by atoms with van der Waals surface area (Å²) in [4.78, 5) is 23.0. The molecule has 1 aliphatic rings. The van der Waals surface area contributed by atoms with Gasteiger partial charge in [-0.25, -0.2) is 4.79 Å². The number of aliphatic hydroxyl groups excluding tert-OH is 1. The van der Waals surface area contributed by atoms with Crippen molar-refractivity contribution in [1.29, 1.82) is 0 Å². The van der Waals surface area contributed by atoms with Crippen molar-refractivity contribution in [2.75, 3.05) is 13.2 Å². The number of carbonyl (C=O) groups is 2. The fourth-order valence-electron chi connectivity index (χ4n) is 2.70. The molecule has 1 saturated carbocycles. The van der Waals surface area contributed by atoms with E-state index in [9.17, 15) is 9.59 Å². The molecular formula is C15H27NO4. The number of Topliss-reactive ketones (excluding diaryl/α,β-unsaturated/α-hetero) is 1. The molecule has 20 heavy (non-hydrogen) atoms. The van der Waals surface area contributed by atoms with Gasteiger partial charge in [-0.15, -0.1) is 0 Å². The van der Waals surface area contributed by atoms with Crippen molar-refractivity contribution in [3.63, 3.8) is 0 Å². The Bertz CT molecular complexity index is 340. The van der Waals surface area contributed by atoms with Crippen LogP contribution in [-0.4, -0.2) is 35.7 Å². The SMILES string of the molecule is CC(C)(C)OC(=O)NCC1(CCC(=O)CO)CCCC1. The number of hydrogen-bond acceptors (Lipinski definition) is 4. The number of hydrogen-bond donors (Lipinski definition) is 2. The van der Waals surface area contributed by atoms with E-state index in [0.717, 1.165) is 32.1 Å². The summed E-state index contributed by atoms with van der Waals surface area (Å²) in [5, 5.41) is 11.6. The molecule has 1 aliphatic carbocycles. The molecule has 1 amide bonds. The summed E-state index contributed by atoms with van der Waals surface area (Å²) in [6, 6.07) is 0. The number of aliphatic hydroxyl groups is 1. The molecule has 116 valence electrons. The summed E-state index contributed by atoms with van der Waals surface area (Å²) in [6.07, 6.45) is 4.99. The van der Waals surface area contributed by atoms with E-state index in [4.69, 9.17) is 9.84 Å². The van der Waals surface area contributed by atoms with Gasteiger partial charge >= 0.3 is 6.09 Å². The molecule has 0 atom stereocenters. The van der Waals surface area contributed by atoms with Gasteiger partial charge in [-0.2, -0.15) is 0 Å². The molecule has 0 aromatic rings. The van der Waals surface area contributed by atoms with Gasteiger partial charge in [0.25, 0.3) is 0 Å². The van der Waals surface area contributed by atoms with Gasteiger partial charge in [0.15, 0.2) is 5.78 Å². The second-order valence-electron chi connectivity index (χ2n) is 6.76. The van der Waals surface area contributed by atoms with E-state index < -0.39 is 18.3 Å². The van der Waals surface area contributed by atoms with Gasteiger partial charge in [-0.05, 0) is 45.4 Å². The first-order valence-electron chi connectivity index (χ1n) is 7.36. The first-order valence-corrected chi connectivity index (χ1v) is 7.36. The van der Waals surface area contributed by atoms with Crippen molar-refractivity contribution in [3.8, 4) is 0 Å². The van der Waals surface area contributed by atoms with E-state index in [1.807, 2.05) is 20.8 Å². The normalized spacial score (nSPS) is 17.8. The molecule has 0 aromatic heterocycles. The van der Waals surface area contributed by atoms with Gasteiger partial charge < -0.3 is 15.2 Å². The van der Waals surface area contributed by atoms with Crippen LogP contribution in [-0.2, 0) is 9.53 Å². The Labute approximate surface area is 121 Å². The van der Waals surface area contributed by atoms with E-state index >= 15 is 0 Å². The summed E-state index contributed by atoms with van der Waals surface area (Å²) in [5.41, 5.74) is -0.512. The van der Waals surface area contributed by atoms with Gasteiger partial charge in [0.05, 0.1) is 0 Å². The Hall–Kier alpha value is -1.10. The molecule has 1 fully saturated rings. The maximum Gasteiger partial charge on any atom is 0.407 e. The molecule has 1 rings (SSSR count). The number of ketones is 1. The summed E-state index contributed by atoms with van der Waals surface area (Å²) in [7, 11) is 0. The Balaban J connectivity index is 2.46. The zero-order chi connectivity index (χ0) is 15.2. The summed E-state index contributed by atoms with van der Waals surface area (Å²) in [6.45, 7) is 5.64. The van der Waals surface area contributed by atoms with Gasteiger partial charge in [0.1, 0.15) is 12.2 Å². The lowest BCUT2D eigenvalue weighted by atomic mass is 9.81. The van der Waals surface area contributed by atoms with Crippen molar-refractivity contribution in [1.82, 2.24) is 5.32 Å². The molecule has 0 spiro atoms. The molecule has 5 nitrogen and oxygen atoms in total. The fraction of sp³-hybridized carbons (Fsp3) is 0.867. The third kappa shape index (κ3) is 5.90. The van der Waals surface area contributed by atoms with Crippen LogP contribution in [0.25, 0.3) is 0 Å². The zero-order valence-electron chi connectivity index (χ0n) is 12.8. The molecule has 2 N–H and O–H groups in total. The van der Waals surface area contributed by atoms with Crippen LogP contribution in [0.2, 0.25) is 0 Å². The number of nitrogens with one attached hydrogen (secondary N) is 1. The van der Waals surface area contributed by atoms with E-state index in [1.165, 1.54) is 0 Å². The Morgan fingerprint density at radius 1 is 1.25 bits per heavy atom. The minimum atomic E-state index is -0.500. The molecular weight excluding hydrogens is 258 g/mol. The van der Waals surface area contributed by atoms with E-state index in [0.29, 0.717) is 13.0 Å². The summed E-state index contributed by atoms with van der Waals surface area (Å²) < 4.78 is 5.23. The average Bonchev–Trinajstić information content (AvgIpc) is 2.81. The molecule has 0 unspecified atom stereocenters. The molecule has 0 aliphatic heterocycles. The number of carbonyl (C=O) groups excluding carboxylic acids is 2. The smallest absolute Gasteiger partial charge is 0.407 e. The van der Waals surface area contributed by atoms with Crippen LogP contribution in [0.1, 0.15) is 59.3 Å². The van der Waals surface area contributed by atoms with Crippen LogP contribution in [0.4, 0.5) is 4.79 Å². The fourth-order valence-corrected chi connectivity index (χ4v) is 2.70. The number of alkyl carbamates (subject to hydrolysis) is 1. The topological polar surface area (TPSA) is 75.6 Å². The summed E-state index contributed by atoms with van der Waals surface area (Å²) >= 11 is 0. The third-order valence-electron chi connectivity index (χ3n) is 3.78. The highest BCUT2D eigenvalue weighted by molar-refractivity contribution is 5.79. The highest BCUT2D eigenvalue weighted by Crippen LogP contribution is 2.41. The first kappa shape index (κ1) is 17.0. The van der Waals surface area contributed by atoms with E-state index in [-0.39, 0.29) is 11.2 Å². The predicted octanol–water partition coefficient (Wildman–Crippen LogP) is 2.41. The molecule has 5 heteroatoms. The van der Waals surface area contributed by atoms with Crippen molar-refractivity contribution >= 4 is 11.9 Å². The maximum atomic E-state index is 11.7. The maximum absolute atomic E-state index is 11.7. The monoisotopic (exact) mass is 285 g/mol. The van der Waals surface area contributed by atoms with Gasteiger partial charge in [-0.3, -0.25) is 4.79 Å². The van der Waals surface area contributed by atoms with E-state index in [1.54, 1.807) is 0 Å². The van der Waals surface area contributed by atoms with Crippen molar-refractivity contribution in [2.45, 2.75) is 64.9 Å². The molecule has 0 heterocycles. The van der Waals surface area contributed by atoms with Gasteiger partial charge in [0.2, 0.25) is 0 Å². The second kappa shape index (κ2) is 7.07. The summed E-state index contributed by atoms with van der Waals surface area (Å²) in [5.74, 6) is -0.131. The molecule has 0 radical (unpaired) electrons. The Morgan fingerprint density at radius 3 is 2.35 bits per heavy atom. The minimum Gasteiger partial charge on any atom is -0.444 e. The predicted molar refractivity (Wildman–Crippen MR) is 76.5 cm³/mol. The molecule has 0 bridgehead atoms. The number of ether oxygens (including phenoxy) is 1.